The number of carbonyl (C=O) groups excluding carboxylic acids is 1. The number of nitrogens with zero attached hydrogens (tertiary/aromatic N) is 1. The monoisotopic (exact) mass is 253 g/mol. The Hall–Kier alpha value is -0.570. The zero-order valence-corrected chi connectivity index (χ0v) is 11.7. The maximum Gasteiger partial charge on any atom is 0.323 e. The highest BCUT2D eigenvalue weighted by Gasteiger charge is 2.35. The van der Waals surface area contributed by atoms with Crippen molar-refractivity contribution in [2.75, 3.05) is 19.7 Å². The molecule has 0 aromatic heterocycles. The van der Waals surface area contributed by atoms with E-state index in [4.69, 9.17) is 4.74 Å². The normalized spacial score (nSPS) is 24.7. The van der Waals surface area contributed by atoms with Crippen LogP contribution in [0.15, 0.2) is 0 Å². The van der Waals surface area contributed by atoms with E-state index in [1.54, 1.807) is 0 Å². The third-order valence-electron chi connectivity index (χ3n) is 4.41. The summed E-state index contributed by atoms with van der Waals surface area (Å²) in [5, 5.41) is 0. The standard InChI is InChI=1S/C15H27NO2/c1-2-18-15(17)14(13-9-5-3-6-10-13)16-11-7-4-8-12-16/h13-14H,2-12H2,1H3. The van der Waals surface area contributed by atoms with Crippen molar-refractivity contribution in [2.45, 2.75) is 64.3 Å². The first-order valence-electron chi connectivity index (χ1n) is 7.73. The van der Waals surface area contributed by atoms with Crippen LogP contribution in [-0.4, -0.2) is 36.6 Å². The van der Waals surface area contributed by atoms with Crippen LogP contribution in [0.4, 0.5) is 0 Å². The van der Waals surface area contributed by atoms with Gasteiger partial charge in [-0.15, -0.1) is 0 Å². The molecule has 2 rings (SSSR count). The van der Waals surface area contributed by atoms with Gasteiger partial charge in [-0.3, -0.25) is 9.69 Å². The molecule has 104 valence electrons. The van der Waals surface area contributed by atoms with Crippen LogP contribution < -0.4 is 0 Å². The fourth-order valence-corrected chi connectivity index (χ4v) is 3.51. The van der Waals surface area contributed by atoms with E-state index >= 15 is 0 Å². The predicted octanol–water partition coefficient (Wildman–Crippen LogP) is 2.98. The molecule has 1 unspecified atom stereocenters. The van der Waals surface area contributed by atoms with Gasteiger partial charge in [0.15, 0.2) is 0 Å². The van der Waals surface area contributed by atoms with Gasteiger partial charge in [0.1, 0.15) is 6.04 Å². The zero-order valence-electron chi connectivity index (χ0n) is 11.7. The Balaban J connectivity index is 2.02. The highest BCUT2D eigenvalue weighted by atomic mass is 16.5. The largest absolute Gasteiger partial charge is 0.465 e. The predicted molar refractivity (Wildman–Crippen MR) is 72.4 cm³/mol. The van der Waals surface area contributed by atoms with Crippen LogP contribution in [0.5, 0.6) is 0 Å². The second kappa shape index (κ2) is 7.13. The summed E-state index contributed by atoms with van der Waals surface area (Å²) in [5.41, 5.74) is 0. The van der Waals surface area contributed by atoms with Gasteiger partial charge in [-0.05, 0) is 51.6 Å². The van der Waals surface area contributed by atoms with Crippen molar-refractivity contribution in [1.82, 2.24) is 4.90 Å². The first kappa shape index (κ1) is 13.9. The van der Waals surface area contributed by atoms with Crippen molar-refractivity contribution in [2.24, 2.45) is 5.92 Å². The number of likely N-dealkylation sites (tertiary alicyclic amines) is 1. The van der Waals surface area contributed by atoms with Gasteiger partial charge in [0.05, 0.1) is 6.61 Å². The zero-order chi connectivity index (χ0) is 12.8. The second-order valence-electron chi connectivity index (χ2n) is 5.69. The molecule has 3 heteroatoms. The lowest BCUT2D eigenvalue weighted by molar-refractivity contribution is -0.153. The molecule has 18 heavy (non-hydrogen) atoms. The van der Waals surface area contributed by atoms with E-state index in [-0.39, 0.29) is 12.0 Å². The van der Waals surface area contributed by atoms with E-state index in [9.17, 15) is 4.79 Å². The number of esters is 1. The molecule has 0 radical (unpaired) electrons. The molecule has 2 aliphatic rings. The van der Waals surface area contributed by atoms with Gasteiger partial charge in [-0.1, -0.05) is 25.7 Å². The molecular formula is C15H27NO2. The van der Waals surface area contributed by atoms with Crippen LogP contribution in [0.25, 0.3) is 0 Å². The SMILES string of the molecule is CCOC(=O)C(C1CCCCC1)N1CCCCC1. The Kier molecular flexibility index (Phi) is 5.48. The molecule has 0 aromatic rings. The molecule has 1 aliphatic carbocycles. The maximum atomic E-state index is 12.3. The average molecular weight is 253 g/mol. The summed E-state index contributed by atoms with van der Waals surface area (Å²) in [7, 11) is 0. The van der Waals surface area contributed by atoms with Crippen molar-refractivity contribution in [3.8, 4) is 0 Å². The summed E-state index contributed by atoms with van der Waals surface area (Å²) < 4.78 is 5.33. The molecule has 0 N–H and O–H groups in total. The van der Waals surface area contributed by atoms with Gasteiger partial charge in [-0.2, -0.15) is 0 Å². The van der Waals surface area contributed by atoms with Crippen molar-refractivity contribution < 1.29 is 9.53 Å². The molecular weight excluding hydrogens is 226 g/mol. The summed E-state index contributed by atoms with van der Waals surface area (Å²) in [4.78, 5) is 14.7. The Bertz CT molecular complexity index is 237. The highest BCUT2D eigenvalue weighted by molar-refractivity contribution is 5.76. The van der Waals surface area contributed by atoms with Gasteiger partial charge in [0.2, 0.25) is 0 Å². The molecule has 1 atom stereocenters. The minimum atomic E-state index is 0.0336. The van der Waals surface area contributed by atoms with E-state index < -0.39 is 0 Å². The first-order chi connectivity index (χ1) is 8.83. The van der Waals surface area contributed by atoms with E-state index in [1.807, 2.05) is 6.92 Å². The van der Waals surface area contributed by atoms with E-state index in [2.05, 4.69) is 4.90 Å². The highest BCUT2D eigenvalue weighted by Crippen LogP contribution is 2.31. The molecule has 1 saturated carbocycles. The number of hydrogen-bond donors (Lipinski definition) is 0. The van der Waals surface area contributed by atoms with Crippen molar-refractivity contribution in [1.29, 1.82) is 0 Å². The van der Waals surface area contributed by atoms with Crippen molar-refractivity contribution in [3.63, 3.8) is 0 Å². The van der Waals surface area contributed by atoms with Gasteiger partial charge < -0.3 is 4.74 Å². The lowest BCUT2D eigenvalue weighted by atomic mass is 9.82. The van der Waals surface area contributed by atoms with E-state index in [1.165, 1.54) is 51.4 Å². The third-order valence-corrected chi connectivity index (χ3v) is 4.41. The summed E-state index contributed by atoms with van der Waals surface area (Å²) in [6.07, 6.45) is 10.1. The number of ether oxygens (including phenoxy) is 1. The smallest absolute Gasteiger partial charge is 0.323 e. The fourth-order valence-electron chi connectivity index (χ4n) is 3.51. The van der Waals surface area contributed by atoms with E-state index in [0.29, 0.717) is 12.5 Å². The summed E-state index contributed by atoms with van der Waals surface area (Å²) in [6, 6.07) is 0.0468. The minimum absolute atomic E-state index is 0.0336. The van der Waals surface area contributed by atoms with Gasteiger partial charge in [-0.25, -0.2) is 0 Å². The number of piperidine rings is 1. The van der Waals surface area contributed by atoms with Crippen LogP contribution in [0.2, 0.25) is 0 Å². The average Bonchev–Trinajstić information content (AvgIpc) is 2.42. The van der Waals surface area contributed by atoms with Crippen LogP contribution >= 0.6 is 0 Å². The van der Waals surface area contributed by atoms with Crippen molar-refractivity contribution in [3.05, 3.63) is 0 Å². The molecule has 0 amide bonds. The number of rotatable bonds is 4. The summed E-state index contributed by atoms with van der Waals surface area (Å²) >= 11 is 0. The Morgan fingerprint density at radius 2 is 1.72 bits per heavy atom. The topological polar surface area (TPSA) is 29.5 Å². The second-order valence-corrected chi connectivity index (χ2v) is 5.69. The van der Waals surface area contributed by atoms with Gasteiger partial charge >= 0.3 is 5.97 Å². The minimum Gasteiger partial charge on any atom is -0.465 e. The Morgan fingerprint density at radius 1 is 1.11 bits per heavy atom. The van der Waals surface area contributed by atoms with Crippen LogP contribution in [0, 0.1) is 5.92 Å². The molecule has 2 fully saturated rings. The van der Waals surface area contributed by atoms with Gasteiger partial charge in [0, 0.05) is 0 Å². The van der Waals surface area contributed by atoms with E-state index in [0.717, 1.165) is 13.1 Å². The molecule has 0 aromatic carbocycles. The quantitative estimate of drug-likeness (QED) is 0.721. The van der Waals surface area contributed by atoms with Crippen LogP contribution in [0.3, 0.4) is 0 Å². The number of carbonyl (C=O) groups is 1. The van der Waals surface area contributed by atoms with Gasteiger partial charge in [0.25, 0.3) is 0 Å². The molecule has 1 aliphatic heterocycles. The number of hydrogen-bond acceptors (Lipinski definition) is 3. The van der Waals surface area contributed by atoms with Crippen LogP contribution in [-0.2, 0) is 9.53 Å². The Labute approximate surface area is 111 Å². The lowest BCUT2D eigenvalue weighted by Crippen LogP contribution is -2.49. The third kappa shape index (κ3) is 3.47. The molecule has 3 nitrogen and oxygen atoms in total. The van der Waals surface area contributed by atoms with Crippen LogP contribution in [0.1, 0.15) is 58.3 Å². The lowest BCUT2D eigenvalue weighted by Gasteiger charge is -2.38. The fraction of sp³-hybridized carbons (Fsp3) is 0.933. The summed E-state index contributed by atoms with van der Waals surface area (Å²) in [5.74, 6) is 0.571. The maximum absolute atomic E-state index is 12.3. The molecule has 1 heterocycles. The molecule has 0 spiro atoms. The molecule has 0 bridgehead atoms. The molecule has 1 saturated heterocycles. The first-order valence-corrected chi connectivity index (χ1v) is 7.73. The van der Waals surface area contributed by atoms with Crippen molar-refractivity contribution >= 4 is 5.97 Å². The summed E-state index contributed by atoms with van der Waals surface area (Å²) in [6.45, 7) is 4.59. The Morgan fingerprint density at radius 3 is 2.33 bits per heavy atom.